The first-order chi connectivity index (χ1) is 43.1. The Bertz CT molecular complexity index is 4570. The van der Waals surface area contributed by atoms with E-state index < -0.39 is 5.92 Å². The standard InChI is InChI=1S/C79H62O8/c80-43-45-82-69-39-33-55-18-5-11-25-63(55)76(69)78-65-27-13-7-20-57(65)35-41-71(78)86-49-47-84-67-37-31-53-16-3-9-23-61(53)74(67)73(60-30-29-52-15-1-2-22-59(52)51-60)75-62-24-10-4-17-54(62)32-38-68(75)85-48-50-87-72-42-36-58-21-8-14-28-66(58)79(72)77-64-26-12-6-19-56(64)34-40-70(77)83-46-44-81/h1-42,51,73,80-81H,43-50H2. The van der Waals surface area contributed by atoms with Crippen molar-refractivity contribution < 1.29 is 38.6 Å². The van der Waals surface area contributed by atoms with E-state index in [9.17, 15) is 10.2 Å². The quantitative estimate of drug-likeness (QED) is 0.0543. The van der Waals surface area contributed by atoms with E-state index in [2.05, 4.69) is 188 Å². The lowest BCUT2D eigenvalue weighted by Gasteiger charge is -2.27. The van der Waals surface area contributed by atoms with Crippen molar-refractivity contribution in [2.75, 3.05) is 52.9 Å². The lowest BCUT2D eigenvalue weighted by Crippen LogP contribution is -2.15. The zero-order valence-electron chi connectivity index (χ0n) is 47.9. The van der Waals surface area contributed by atoms with Crippen LogP contribution in [0.4, 0.5) is 0 Å². The van der Waals surface area contributed by atoms with Gasteiger partial charge in [0.15, 0.2) is 0 Å². The molecule has 0 aliphatic carbocycles. The second-order valence-electron chi connectivity index (χ2n) is 21.6. The molecule has 0 unspecified atom stereocenters. The largest absolute Gasteiger partial charge is 0.491 e. The van der Waals surface area contributed by atoms with Gasteiger partial charge >= 0.3 is 0 Å². The molecule has 0 saturated carbocycles. The number of hydrogen-bond acceptors (Lipinski definition) is 8. The molecule has 14 aromatic rings. The van der Waals surface area contributed by atoms with E-state index in [4.69, 9.17) is 28.4 Å². The molecule has 0 heterocycles. The van der Waals surface area contributed by atoms with Crippen LogP contribution < -0.4 is 28.4 Å². The van der Waals surface area contributed by atoms with Gasteiger partial charge in [-0.15, -0.1) is 0 Å². The summed E-state index contributed by atoms with van der Waals surface area (Å²) in [6.07, 6.45) is 0. The van der Waals surface area contributed by atoms with Crippen LogP contribution in [-0.2, 0) is 0 Å². The minimum atomic E-state index is -0.398. The van der Waals surface area contributed by atoms with Crippen LogP contribution in [-0.4, -0.2) is 63.1 Å². The summed E-state index contributed by atoms with van der Waals surface area (Å²) in [6, 6.07) is 90.4. The highest BCUT2D eigenvalue weighted by atomic mass is 16.5. The normalized spacial score (nSPS) is 11.6. The first kappa shape index (κ1) is 54.6. The van der Waals surface area contributed by atoms with Crippen molar-refractivity contribution in [3.8, 4) is 56.8 Å². The molecule has 0 saturated heterocycles. The van der Waals surface area contributed by atoms with E-state index in [1.165, 1.54) is 0 Å². The summed E-state index contributed by atoms with van der Waals surface area (Å²) in [5.41, 5.74) is 6.72. The van der Waals surface area contributed by atoms with Gasteiger partial charge < -0.3 is 38.6 Å². The number of aliphatic hydroxyl groups excluding tert-OH is 2. The molecule has 8 nitrogen and oxygen atoms in total. The maximum absolute atomic E-state index is 9.92. The summed E-state index contributed by atoms with van der Waals surface area (Å²) in [4.78, 5) is 0. The van der Waals surface area contributed by atoms with E-state index >= 15 is 0 Å². The molecule has 0 spiro atoms. The SMILES string of the molecule is OCCOc1ccc2ccccc2c1-c1c(OCCOc2ccc3ccccc3c2C(c2ccc3ccccc3c2)c2c(OCCOc3ccc4ccccc4c3-c3c(OCCO)ccc4ccccc34)ccc3ccccc23)ccc2ccccc12. The van der Waals surface area contributed by atoms with Crippen LogP contribution in [0.25, 0.3) is 97.7 Å². The highest BCUT2D eigenvalue weighted by molar-refractivity contribution is 6.11. The molecule has 0 fully saturated rings. The minimum Gasteiger partial charge on any atom is -0.491 e. The zero-order valence-corrected chi connectivity index (χ0v) is 47.9. The van der Waals surface area contributed by atoms with Gasteiger partial charge in [-0.2, -0.15) is 0 Å². The molecule has 0 aliphatic heterocycles. The number of ether oxygens (including phenoxy) is 6. The van der Waals surface area contributed by atoms with E-state index in [1.54, 1.807) is 0 Å². The molecule has 14 aromatic carbocycles. The summed E-state index contributed by atoms with van der Waals surface area (Å²) < 4.78 is 40.7. The smallest absolute Gasteiger partial charge is 0.128 e. The van der Waals surface area contributed by atoms with E-state index in [0.717, 1.165) is 126 Å². The van der Waals surface area contributed by atoms with Crippen molar-refractivity contribution in [2.24, 2.45) is 0 Å². The van der Waals surface area contributed by atoms with E-state index in [1.807, 2.05) is 72.8 Å². The van der Waals surface area contributed by atoms with Gasteiger partial charge in [-0.05, 0) is 117 Å². The Morgan fingerprint density at radius 3 is 0.828 bits per heavy atom. The number of benzene rings is 14. The van der Waals surface area contributed by atoms with Crippen LogP contribution in [0.1, 0.15) is 22.6 Å². The molecule has 8 heteroatoms. The zero-order chi connectivity index (χ0) is 58.5. The first-order valence-corrected chi connectivity index (χ1v) is 29.7. The molecule has 2 N–H and O–H groups in total. The fraction of sp³-hybridized carbons (Fsp3) is 0.114. The van der Waals surface area contributed by atoms with Gasteiger partial charge in [0.2, 0.25) is 0 Å². The van der Waals surface area contributed by atoms with Gasteiger partial charge in [-0.1, -0.05) is 224 Å². The Kier molecular flexibility index (Phi) is 15.5. The van der Waals surface area contributed by atoms with Crippen LogP contribution in [0.15, 0.2) is 261 Å². The third-order valence-corrected chi connectivity index (χ3v) is 16.5. The predicted molar refractivity (Wildman–Crippen MR) is 354 cm³/mol. The Labute approximate surface area is 504 Å². The van der Waals surface area contributed by atoms with Gasteiger partial charge in [-0.3, -0.25) is 0 Å². The molecular weight excluding hydrogens is 1080 g/mol. The summed E-state index contributed by atoms with van der Waals surface area (Å²) in [5, 5.41) is 34.7. The van der Waals surface area contributed by atoms with Gasteiger partial charge in [0.05, 0.1) is 13.2 Å². The number of rotatable bonds is 21. The Balaban J connectivity index is 0.843. The minimum absolute atomic E-state index is 0.114. The lowest BCUT2D eigenvalue weighted by molar-refractivity contribution is 0.202. The van der Waals surface area contributed by atoms with Crippen molar-refractivity contribution in [1.29, 1.82) is 0 Å². The van der Waals surface area contributed by atoms with Crippen molar-refractivity contribution in [2.45, 2.75) is 5.92 Å². The van der Waals surface area contributed by atoms with Crippen LogP contribution in [0.5, 0.6) is 34.5 Å². The van der Waals surface area contributed by atoms with E-state index in [-0.39, 0.29) is 52.9 Å². The fourth-order valence-electron chi connectivity index (χ4n) is 12.7. The molecule has 0 radical (unpaired) electrons. The third-order valence-electron chi connectivity index (χ3n) is 16.5. The molecule has 14 rings (SSSR count). The summed E-state index contributed by atoms with van der Waals surface area (Å²) in [6.45, 7) is 0.998. The van der Waals surface area contributed by atoms with Crippen molar-refractivity contribution >= 4 is 75.4 Å². The van der Waals surface area contributed by atoms with Crippen LogP contribution in [0.3, 0.4) is 0 Å². The Morgan fingerprint density at radius 1 is 0.230 bits per heavy atom. The van der Waals surface area contributed by atoms with Gasteiger partial charge in [0, 0.05) is 39.3 Å². The van der Waals surface area contributed by atoms with Gasteiger partial charge in [0.25, 0.3) is 0 Å². The predicted octanol–water partition coefficient (Wildman–Crippen LogP) is 17.9. The monoisotopic (exact) mass is 1140 g/mol. The van der Waals surface area contributed by atoms with Crippen LogP contribution in [0.2, 0.25) is 0 Å². The first-order valence-electron chi connectivity index (χ1n) is 29.7. The molecular formula is C79H62O8. The van der Waals surface area contributed by atoms with Crippen molar-refractivity contribution in [3.05, 3.63) is 278 Å². The maximum Gasteiger partial charge on any atom is 0.128 e. The summed E-state index contributed by atoms with van der Waals surface area (Å²) >= 11 is 0. The maximum atomic E-state index is 9.92. The molecule has 87 heavy (non-hydrogen) atoms. The molecule has 0 bridgehead atoms. The number of hydrogen-bond donors (Lipinski definition) is 2. The highest BCUT2D eigenvalue weighted by Gasteiger charge is 2.30. The average molecular weight is 1140 g/mol. The van der Waals surface area contributed by atoms with Crippen molar-refractivity contribution in [1.82, 2.24) is 0 Å². The third kappa shape index (κ3) is 10.7. The highest BCUT2D eigenvalue weighted by Crippen LogP contribution is 2.50. The van der Waals surface area contributed by atoms with Crippen molar-refractivity contribution in [3.63, 3.8) is 0 Å². The summed E-state index contributed by atoms with van der Waals surface area (Å²) in [7, 11) is 0. The van der Waals surface area contributed by atoms with Gasteiger partial charge in [-0.25, -0.2) is 0 Å². The van der Waals surface area contributed by atoms with E-state index in [0.29, 0.717) is 23.0 Å². The van der Waals surface area contributed by atoms with Gasteiger partial charge in [0.1, 0.15) is 74.1 Å². The topological polar surface area (TPSA) is 95.8 Å². The summed E-state index contributed by atoms with van der Waals surface area (Å²) in [5.74, 6) is 3.78. The lowest BCUT2D eigenvalue weighted by atomic mass is 9.79. The number of fused-ring (bicyclic) bond motifs is 7. The molecule has 0 atom stereocenters. The second kappa shape index (κ2) is 24.7. The Hall–Kier alpha value is -10.4. The molecule has 0 amide bonds. The number of aliphatic hydroxyl groups is 2. The fourth-order valence-corrected chi connectivity index (χ4v) is 12.7. The molecule has 426 valence electrons. The average Bonchev–Trinajstić information content (AvgIpc) is 1.32. The van der Waals surface area contributed by atoms with Crippen LogP contribution >= 0.6 is 0 Å². The Morgan fingerprint density at radius 2 is 0.483 bits per heavy atom. The molecule has 0 aliphatic rings. The van der Waals surface area contributed by atoms with Crippen LogP contribution in [0, 0.1) is 0 Å². The second-order valence-corrected chi connectivity index (χ2v) is 21.6. The molecule has 0 aromatic heterocycles.